The first-order chi connectivity index (χ1) is 13.2. The van der Waals surface area contributed by atoms with Crippen LogP contribution in [-0.2, 0) is 6.18 Å². The first-order valence-corrected chi connectivity index (χ1v) is 9.44. The summed E-state index contributed by atoms with van der Waals surface area (Å²) in [5.41, 5.74) is -0.493. The Labute approximate surface area is 170 Å². The molecule has 2 aromatic rings. The molecule has 0 aliphatic heterocycles. The minimum atomic E-state index is -4.42. The number of halogens is 5. The standard InChI is InChI=1S/C19H17Cl2F3N2O2/c20-12-2-7-16(21)15(9-12)18(27)26-13-3-5-14(6-4-13)28-17-8-1-11(10-25-17)19(22,23)24/h1-2,7-10,13-14H,3-6H2,(H,26,27). The van der Waals surface area contributed by atoms with Crippen molar-refractivity contribution in [2.75, 3.05) is 0 Å². The maximum atomic E-state index is 12.6. The van der Waals surface area contributed by atoms with Gasteiger partial charge >= 0.3 is 6.18 Å². The minimum Gasteiger partial charge on any atom is -0.474 e. The van der Waals surface area contributed by atoms with Crippen LogP contribution in [0, 0.1) is 0 Å². The quantitative estimate of drug-likeness (QED) is 0.690. The Morgan fingerprint density at radius 2 is 1.82 bits per heavy atom. The third kappa shape index (κ3) is 5.29. The molecular weight excluding hydrogens is 416 g/mol. The Bertz CT molecular complexity index is 836. The lowest BCUT2D eigenvalue weighted by atomic mass is 9.92. The van der Waals surface area contributed by atoms with E-state index in [2.05, 4.69) is 10.3 Å². The summed E-state index contributed by atoms with van der Waals surface area (Å²) in [7, 11) is 0. The van der Waals surface area contributed by atoms with Crippen molar-refractivity contribution in [3.8, 4) is 5.88 Å². The number of amides is 1. The molecule has 0 bridgehead atoms. The van der Waals surface area contributed by atoms with Crippen LogP contribution in [0.1, 0.15) is 41.6 Å². The molecule has 4 nitrogen and oxygen atoms in total. The van der Waals surface area contributed by atoms with Gasteiger partial charge in [0.2, 0.25) is 5.88 Å². The van der Waals surface area contributed by atoms with E-state index >= 15 is 0 Å². The first-order valence-electron chi connectivity index (χ1n) is 8.68. The summed E-state index contributed by atoms with van der Waals surface area (Å²) < 4.78 is 43.4. The smallest absolute Gasteiger partial charge is 0.417 e. The number of pyridine rings is 1. The second kappa shape index (κ2) is 8.57. The molecule has 0 radical (unpaired) electrons. The summed E-state index contributed by atoms with van der Waals surface area (Å²) in [6.45, 7) is 0. The molecule has 1 amide bonds. The Balaban J connectivity index is 1.50. The Kier molecular flexibility index (Phi) is 6.35. The lowest BCUT2D eigenvalue weighted by Gasteiger charge is -2.29. The summed E-state index contributed by atoms with van der Waals surface area (Å²) in [5.74, 6) is -0.132. The third-order valence-corrected chi connectivity index (χ3v) is 5.10. The van der Waals surface area contributed by atoms with E-state index in [4.69, 9.17) is 27.9 Å². The van der Waals surface area contributed by atoms with Gasteiger partial charge in [-0.15, -0.1) is 0 Å². The number of ether oxygens (including phenoxy) is 1. The van der Waals surface area contributed by atoms with Crippen LogP contribution < -0.4 is 10.1 Å². The molecule has 0 unspecified atom stereocenters. The van der Waals surface area contributed by atoms with Gasteiger partial charge < -0.3 is 10.1 Å². The first kappa shape index (κ1) is 20.7. The number of nitrogens with one attached hydrogen (secondary N) is 1. The molecule has 0 spiro atoms. The van der Waals surface area contributed by atoms with Crippen LogP contribution in [0.25, 0.3) is 0 Å². The topological polar surface area (TPSA) is 51.2 Å². The monoisotopic (exact) mass is 432 g/mol. The number of carbonyl (C=O) groups excluding carboxylic acids is 1. The molecule has 1 aliphatic rings. The van der Waals surface area contributed by atoms with E-state index in [-0.39, 0.29) is 23.9 Å². The van der Waals surface area contributed by atoms with Gasteiger partial charge in [0.25, 0.3) is 5.91 Å². The molecule has 1 aromatic heterocycles. The highest BCUT2D eigenvalue weighted by Crippen LogP contribution is 2.30. The molecule has 1 heterocycles. The number of carbonyl (C=O) groups is 1. The molecule has 0 saturated heterocycles. The Morgan fingerprint density at radius 1 is 1.11 bits per heavy atom. The van der Waals surface area contributed by atoms with Gasteiger partial charge in [-0.05, 0) is 49.9 Å². The minimum absolute atomic E-state index is 0.0389. The molecular formula is C19H17Cl2F3N2O2. The molecule has 1 aliphatic carbocycles. The van der Waals surface area contributed by atoms with E-state index in [9.17, 15) is 18.0 Å². The second-order valence-corrected chi connectivity index (χ2v) is 7.42. The molecule has 3 rings (SSSR count). The predicted octanol–water partition coefficient (Wildman–Crippen LogP) is 5.53. The van der Waals surface area contributed by atoms with E-state index in [0.717, 1.165) is 12.3 Å². The van der Waals surface area contributed by atoms with Gasteiger partial charge in [-0.3, -0.25) is 4.79 Å². The molecule has 150 valence electrons. The van der Waals surface area contributed by atoms with Crippen LogP contribution >= 0.6 is 23.2 Å². The van der Waals surface area contributed by atoms with Crippen molar-refractivity contribution in [1.29, 1.82) is 0 Å². The number of rotatable bonds is 4. The van der Waals surface area contributed by atoms with Crippen molar-refractivity contribution < 1.29 is 22.7 Å². The van der Waals surface area contributed by atoms with Gasteiger partial charge in [-0.2, -0.15) is 13.2 Å². The lowest BCUT2D eigenvalue weighted by molar-refractivity contribution is -0.137. The molecule has 9 heteroatoms. The molecule has 1 saturated carbocycles. The maximum absolute atomic E-state index is 12.6. The Morgan fingerprint density at radius 3 is 2.43 bits per heavy atom. The fourth-order valence-electron chi connectivity index (χ4n) is 3.05. The van der Waals surface area contributed by atoms with E-state index < -0.39 is 11.7 Å². The molecule has 28 heavy (non-hydrogen) atoms. The van der Waals surface area contributed by atoms with Crippen LogP contribution in [-0.4, -0.2) is 23.0 Å². The van der Waals surface area contributed by atoms with Crippen LogP contribution in [0.2, 0.25) is 10.0 Å². The Hall–Kier alpha value is -1.99. The van der Waals surface area contributed by atoms with Gasteiger partial charge in [0.1, 0.15) is 6.10 Å². The largest absolute Gasteiger partial charge is 0.474 e. The number of aromatic nitrogens is 1. The zero-order valence-corrected chi connectivity index (χ0v) is 16.1. The zero-order chi connectivity index (χ0) is 20.3. The average molecular weight is 433 g/mol. The van der Waals surface area contributed by atoms with Gasteiger partial charge in [0.05, 0.1) is 16.1 Å². The van der Waals surface area contributed by atoms with Crippen LogP contribution in [0.5, 0.6) is 5.88 Å². The number of nitrogens with zero attached hydrogens (tertiary/aromatic N) is 1. The lowest BCUT2D eigenvalue weighted by Crippen LogP contribution is -2.39. The number of hydrogen-bond acceptors (Lipinski definition) is 3. The van der Waals surface area contributed by atoms with Gasteiger partial charge in [0.15, 0.2) is 0 Å². The highest BCUT2D eigenvalue weighted by molar-refractivity contribution is 6.35. The SMILES string of the molecule is O=C(NC1CCC(Oc2ccc(C(F)(F)F)cn2)CC1)c1cc(Cl)ccc1Cl. The summed E-state index contributed by atoms with van der Waals surface area (Å²) in [6, 6.07) is 6.83. The van der Waals surface area contributed by atoms with E-state index in [1.54, 1.807) is 12.1 Å². The fraction of sp³-hybridized carbons (Fsp3) is 0.368. The van der Waals surface area contributed by atoms with Crippen molar-refractivity contribution in [1.82, 2.24) is 10.3 Å². The predicted molar refractivity (Wildman–Crippen MR) is 99.8 cm³/mol. The van der Waals surface area contributed by atoms with Crippen LogP contribution in [0.4, 0.5) is 13.2 Å². The fourth-order valence-corrected chi connectivity index (χ4v) is 3.42. The van der Waals surface area contributed by atoms with Crippen molar-refractivity contribution >= 4 is 29.1 Å². The summed E-state index contributed by atoms with van der Waals surface area (Å²) in [4.78, 5) is 16.1. The van der Waals surface area contributed by atoms with Gasteiger partial charge in [0, 0.05) is 23.3 Å². The highest BCUT2D eigenvalue weighted by Gasteiger charge is 2.31. The van der Waals surface area contributed by atoms with Crippen LogP contribution in [0.15, 0.2) is 36.5 Å². The number of alkyl halides is 3. The summed E-state index contributed by atoms with van der Waals surface area (Å²) >= 11 is 12.0. The van der Waals surface area contributed by atoms with Gasteiger partial charge in [-0.1, -0.05) is 23.2 Å². The molecule has 1 fully saturated rings. The van der Waals surface area contributed by atoms with E-state index in [0.29, 0.717) is 41.3 Å². The molecule has 0 atom stereocenters. The van der Waals surface area contributed by atoms with Crippen molar-refractivity contribution in [3.63, 3.8) is 0 Å². The summed E-state index contributed by atoms with van der Waals surface area (Å²) in [5, 5.41) is 3.69. The molecule has 1 aromatic carbocycles. The van der Waals surface area contributed by atoms with Crippen molar-refractivity contribution in [3.05, 3.63) is 57.7 Å². The highest BCUT2D eigenvalue weighted by atomic mass is 35.5. The van der Waals surface area contributed by atoms with Gasteiger partial charge in [-0.25, -0.2) is 4.98 Å². The maximum Gasteiger partial charge on any atom is 0.417 e. The normalized spacial score (nSPS) is 19.9. The van der Waals surface area contributed by atoms with E-state index in [1.807, 2.05) is 0 Å². The molecule has 1 N–H and O–H groups in total. The van der Waals surface area contributed by atoms with Crippen molar-refractivity contribution in [2.24, 2.45) is 0 Å². The summed E-state index contributed by atoms with van der Waals surface area (Å²) in [6.07, 6.45) is -1.17. The van der Waals surface area contributed by atoms with E-state index in [1.165, 1.54) is 12.1 Å². The van der Waals surface area contributed by atoms with Crippen molar-refractivity contribution in [2.45, 2.75) is 44.0 Å². The average Bonchev–Trinajstić information content (AvgIpc) is 2.65. The number of benzene rings is 1. The third-order valence-electron chi connectivity index (χ3n) is 4.53. The second-order valence-electron chi connectivity index (χ2n) is 6.57. The van der Waals surface area contributed by atoms with Crippen LogP contribution in [0.3, 0.4) is 0 Å². The number of hydrogen-bond donors (Lipinski definition) is 1. The zero-order valence-electron chi connectivity index (χ0n) is 14.6.